The van der Waals surface area contributed by atoms with Gasteiger partial charge in [-0.3, -0.25) is 4.98 Å². The highest BCUT2D eigenvalue weighted by molar-refractivity contribution is 5.21. The van der Waals surface area contributed by atoms with E-state index in [0.29, 0.717) is 12.0 Å². The summed E-state index contributed by atoms with van der Waals surface area (Å²) in [5, 5.41) is 3.69. The topological polar surface area (TPSA) is 34.2 Å². The quantitative estimate of drug-likeness (QED) is 0.914. The molecule has 2 atom stereocenters. The Hall–Kier alpha value is -0.930. The SMILES string of the molecule is CCNC(c1cncc(C)c1)C1CCOC2(CCC2)C1. The van der Waals surface area contributed by atoms with Gasteiger partial charge in [-0.15, -0.1) is 0 Å². The molecule has 0 aromatic carbocycles. The highest BCUT2D eigenvalue weighted by Crippen LogP contribution is 2.47. The zero-order valence-electron chi connectivity index (χ0n) is 12.7. The van der Waals surface area contributed by atoms with Gasteiger partial charge < -0.3 is 10.1 Å². The minimum absolute atomic E-state index is 0.216. The van der Waals surface area contributed by atoms with Gasteiger partial charge in [0.15, 0.2) is 0 Å². The van der Waals surface area contributed by atoms with Crippen LogP contribution in [0.3, 0.4) is 0 Å². The lowest BCUT2D eigenvalue weighted by Crippen LogP contribution is -2.48. The van der Waals surface area contributed by atoms with E-state index in [1.54, 1.807) is 0 Å². The molecule has 0 amide bonds. The largest absolute Gasteiger partial charge is 0.375 e. The fourth-order valence-electron chi connectivity index (χ4n) is 3.79. The van der Waals surface area contributed by atoms with E-state index in [2.05, 4.69) is 30.2 Å². The Morgan fingerprint density at radius 2 is 2.30 bits per heavy atom. The molecule has 2 heterocycles. The van der Waals surface area contributed by atoms with Crippen molar-refractivity contribution in [2.24, 2.45) is 5.92 Å². The molecule has 1 spiro atoms. The lowest BCUT2D eigenvalue weighted by atomic mass is 9.69. The predicted octanol–water partition coefficient (Wildman–Crippen LogP) is 3.39. The molecule has 0 bridgehead atoms. The highest BCUT2D eigenvalue weighted by Gasteiger charge is 2.44. The van der Waals surface area contributed by atoms with Crippen LogP contribution in [0.25, 0.3) is 0 Å². The number of pyridine rings is 1. The second-order valence-corrected chi connectivity index (χ2v) is 6.47. The van der Waals surface area contributed by atoms with Gasteiger partial charge in [-0.2, -0.15) is 0 Å². The number of nitrogens with zero attached hydrogens (tertiary/aromatic N) is 1. The van der Waals surface area contributed by atoms with Gasteiger partial charge in [0, 0.05) is 25.0 Å². The van der Waals surface area contributed by atoms with Crippen LogP contribution >= 0.6 is 0 Å². The van der Waals surface area contributed by atoms with Crippen molar-refractivity contribution in [3.05, 3.63) is 29.6 Å². The molecule has 1 saturated carbocycles. The molecule has 2 aliphatic rings. The number of aromatic nitrogens is 1. The molecular weight excluding hydrogens is 248 g/mol. The fourth-order valence-corrected chi connectivity index (χ4v) is 3.79. The van der Waals surface area contributed by atoms with E-state index >= 15 is 0 Å². The van der Waals surface area contributed by atoms with Gasteiger partial charge in [-0.1, -0.05) is 13.0 Å². The molecule has 1 aliphatic heterocycles. The molecule has 1 aliphatic carbocycles. The Morgan fingerprint density at radius 1 is 1.45 bits per heavy atom. The van der Waals surface area contributed by atoms with Gasteiger partial charge in [0.2, 0.25) is 0 Å². The number of ether oxygens (including phenoxy) is 1. The average molecular weight is 274 g/mol. The van der Waals surface area contributed by atoms with E-state index in [9.17, 15) is 0 Å². The number of aryl methyl sites for hydroxylation is 1. The zero-order chi connectivity index (χ0) is 14.0. The number of hydrogen-bond donors (Lipinski definition) is 1. The molecule has 1 N–H and O–H groups in total. The molecule has 1 saturated heterocycles. The third-order valence-corrected chi connectivity index (χ3v) is 4.95. The normalized spacial score (nSPS) is 26.2. The maximum Gasteiger partial charge on any atom is 0.0686 e. The minimum Gasteiger partial charge on any atom is -0.375 e. The van der Waals surface area contributed by atoms with Crippen molar-refractivity contribution in [3.63, 3.8) is 0 Å². The minimum atomic E-state index is 0.216. The van der Waals surface area contributed by atoms with Crippen molar-refractivity contribution < 1.29 is 4.74 Å². The molecule has 1 aromatic rings. The summed E-state index contributed by atoms with van der Waals surface area (Å²) in [5.74, 6) is 0.674. The summed E-state index contributed by atoms with van der Waals surface area (Å²) in [6.45, 7) is 6.24. The maximum atomic E-state index is 6.08. The summed E-state index contributed by atoms with van der Waals surface area (Å²) in [6.07, 6.45) is 10.2. The first-order chi connectivity index (χ1) is 9.72. The summed E-state index contributed by atoms with van der Waals surface area (Å²) in [5.41, 5.74) is 2.80. The van der Waals surface area contributed by atoms with Crippen molar-refractivity contribution >= 4 is 0 Å². The third kappa shape index (κ3) is 2.75. The first-order valence-electron chi connectivity index (χ1n) is 8.01. The lowest BCUT2D eigenvalue weighted by Gasteiger charge is -2.49. The van der Waals surface area contributed by atoms with Crippen LogP contribution in [0.1, 0.15) is 56.2 Å². The van der Waals surface area contributed by atoms with E-state index in [1.165, 1.54) is 36.8 Å². The van der Waals surface area contributed by atoms with Crippen LogP contribution in [0.4, 0.5) is 0 Å². The second kappa shape index (κ2) is 5.82. The lowest BCUT2D eigenvalue weighted by molar-refractivity contribution is -0.147. The van der Waals surface area contributed by atoms with Gasteiger partial charge >= 0.3 is 0 Å². The molecule has 20 heavy (non-hydrogen) atoms. The van der Waals surface area contributed by atoms with Crippen LogP contribution in [0.5, 0.6) is 0 Å². The Morgan fingerprint density at radius 3 is 2.95 bits per heavy atom. The standard InChI is InChI=1S/C17H26N2O/c1-3-19-16(15-9-13(2)11-18-12-15)14-5-8-20-17(10-14)6-4-7-17/h9,11-12,14,16,19H,3-8,10H2,1-2H3. The molecular formula is C17H26N2O. The Balaban J connectivity index is 1.79. The fraction of sp³-hybridized carbons (Fsp3) is 0.706. The molecule has 3 nitrogen and oxygen atoms in total. The van der Waals surface area contributed by atoms with Crippen molar-refractivity contribution in [2.45, 2.75) is 57.6 Å². The van der Waals surface area contributed by atoms with E-state index in [0.717, 1.165) is 19.6 Å². The van der Waals surface area contributed by atoms with E-state index in [-0.39, 0.29) is 5.60 Å². The van der Waals surface area contributed by atoms with Crippen LogP contribution in [-0.4, -0.2) is 23.7 Å². The second-order valence-electron chi connectivity index (χ2n) is 6.47. The highest BCUT2D eigenvalue weighted by atomic mass is 16.5. The summed E-state index contributed by atoms with van der Waals surface area (Å²) >= 11 is 0. The van der Waals surface area contributed by atoms with Crippen LogP contribution in [0.15, 0.2) is 18.5 Å². The van der Waals surface area contributed by atoms with Crippen LogP contribution < -0.4 is 5.32 Å². The van der Waals surface area contributed by atoms with Crippen LogP contribution in [0.2, 0.25) is 0 Å². The summed E-state index contributed by atoms with van der Waals surface area (Å²) in [4.78, 5) is 4.38. The number of nitrogens with one attached hydrogen (secondary N) is 1. The predicted molar refractivity (Wildman–Crippen MR) is 80.6 cm³/mol. The van der Waals surface area contributed by atoms with Crippen LogP contribution in [0, 0.1) is 12.8 Å². The first kappa shape index (κ1) is 14.0. The van der Waals surface area contributed by atoms with Crippen LogP contribution in [-0.2, 0) is 4.74 Å². The van der Waals surface area contributed by atoms with E-state index in [1.807, 2.05) is 12.4 Å². The van der Waals surface area contributed by atoms with Gasteiger partial charge in [-0.25, -0.2) is 0 Å². The van der Waals surface area contributed by atoms with Crippen molar-refractivity contribution in [1.82, 2.24) is 10.3 Å². The summed E-state index contributed by atoms with van der Waals surface area (Å²) in [7, 11) is 0. The summed E-state index contributed by atoms with van der Waals surface area (Å²) < 4.78 is 6.08. The number of hydrogen-bond acceptors (Lipinski definition) is 3. The monoisotopic (exact) mass is 274 g/mol. The first-order valence-corrected chi connectivity index (χ1v) is 8.01. The van der Waals surface area contributed by atoms with Gasteiger partial charge in [0.25, 0.3) is 0 Å². The molecule has 2 unspecified atom stereocenters. The molecule has 3 heteroatoms. The van der Waals surface area contributed by atoms with Gasteiger partial charge in [-0.05, 0) is 62.6 Å². The third-order valence-electron chi connectivity index (χ3n) is 4.95. The van der Waals surface area contributed by atoms with Crippen molar-refractivity contribution in [1.29, 1.82) is 0 Å². The van der Waals surface area contributed by atoms with E-state index in [4.69, 9.17) is 4.74 Å². The smallest absolute Gasteiger partial charge is 0.0686 e. The van der Waals surface area contributed by atoms with Crippen molar-refractivity contribution in [2.75, 3.05) is 13.2 Å². The Kier molecular flexibility index (Phi) is 4.08. The molecule has 1 aromatic heterocycles. The van der Waals surface area contributed by atoms with Crippen molar-refractivity contribution in [3.8, 4) is 0 Å². The average Bonchev–Trinajstić information content (AvgIpc) is 2.43. The van der Waals surface area contributed by atoms with E-state index < -0.39 is 0 Å². The Bertz CT molecular complexity index is 456. The molecule has 3 rings (SSSR count). The Labute approximate surface area is 122 Å². The zero-order valence-corrected chi connectivity index (χ0v) is 12.7. The van der Waals surface area contributed by atoms with Gasteiger partial charge in [0.1, 0.15) is 0 Å². The number of rotatable bonds is 4. The maximum absolute atomic E-state index is 6.08. The van der Waals surface area contributed by atoms with Gasteiger partial charge in [0.05, 0.1) is 5.60 Å². The summed E-state index contributed by atoms with van der Waals surface area (Å²) in [6, 6.07) is 2.71. The molecule has 0 radical (unpaired) electrons. The molecule has 110 valence electrons. The molecule has 2 fully saturated rings.